The van der Waals surface area contributed by atoms with E-state index in [1.54, 1.807) is 7.11 Å². The minimum Gasteiger partial charge on any atom is -0.385 e. The molecule has 1 unspecified atom stereocenters. The molecular formula is C10H20O2. The molecule has 1 atom stereocenters. The van der Waals surface area contributed by atoms with Gasteiger partial charge in [0.2, 0.25) is 0 Å². The fourth-order valence-corrected chi connectivity index (χ4v) is 1.16. The first-order valence-corrected chi connectivity index (χ1v) is 4.43. The predicted molar refractivity (Wildman–Crippen MR) is 50.1 cm³/mol. The Kier molecular flexibility index (Phi) is 4.46. The average molecular weight is 172 g/mol. The molecule has 0 N–H and O–H groups in total. The molecule has 0 aliphatic heterocycles. The van der Waals surface area contributed by atoms with Crippen LogP contribution < -0.4 is 0 Å². The van der Waals surface area contributed by atoms with Gasteiger partial charge in [0.05, 0.1) is 0 Å². The molecule has 0 spiro atoms. The molecule has 0 aliphatic carbocycles. The molecule has 0 bridgehead atoms. The molecule has 0 heterocycles. The number of ketones is 1. The second-order valence-corrected chi connectivity index (χ2v) is 4.30. The fourth-order valence-electron chi connectivity index (χ4n) is 1.16. The molecule has 0 aromatic carbocycles. The van der Waals surface area contributed by atoms with Crippen molar-refractivity contribution in [3.63, 3.8) is 0 Å². The van der Waals surface area contributed by atoms with Crippen molar-refractivity contribution in [1.82, 2.24) is 0 Å². The van der Waals surface area contributed by atoms with Gasteiger partial charge in [-0.15, -0.1) is 0 Å². The summed E-state index contributed by atoms with van der Waals surface area (Å²) in [7, 11) is 1.66. The summed E-state index contributed by atoms with van der Waals surface area (Å²) < 4.78 is 4.92. The number of methoxy groups -OCH3 is 1. The van der Waals surface area contributed by atoms with Gasteiger partial charge in [0.25, 0.3) is 0 Å². The first-order chi connectivity index (χ1) is 5.39. The van der Waals surface area contributed by atoms with E-state index in [0.29, 0.717) is 12.4 Å². The van der Waals surface area contributed by atoms with Crippen LogP contribution in [0.1, 0.15) is 34.1 Å². The van der Waals surface area contributed by atoms with Crippen LogP contribution in [0.2, 0.25) is 0 Å². The Balaban J connectivity index is 3.94. The average Bonchev–Trinajstić information content (AvgIpc) is 1.97. The van der Waals surface area contributed by atoms with Gasteiger partial charge in [-0.25, -0.2) is 0 Å². The topological polar surface area (TPSA) is 26.3 Å². The summed E-state index contributed by atoms with van der Waals surface area (Å²) in [4.78, 5) is 11.6. The molecule has 0 amide bonds. The number of ether oxygens (including phenoxy) is 1. The van der Waals surface area contributed by atoms with E-state index in [-0.39, 0.29) is 11.3 Å². The molecule has 12 heavy (non-hydrogen) atoms. The maximum absolute atomic E-state index is 11.6. The van der Waals surface area contributed by atoms with Gasteiger partial charge in [0.15, 0.2) is 0 Å². The smallest absolute Gasteiger partial charge is 0.141 e. The third-order valence-corrected chi connectivity index (χ3v) is 1.94. The predicted octanol–water partition coefficient (Wildman–Crippen LogP) is 2.27. The van der Waals surface area contributed by atoms with E-state index < -0.39 is 0 Å². The van der Waals surface area contributed by atoms with Gasteiger partial charge in [0.1, 0.15) is 5.78 Å². The van der Waals surface area contributed by atoms with Crippen molar-refractivity contribution in [3.8, 4) is 0 Å². The molecule has 0 aliphatic rings. The Morgan fingerprint density at radius 1 is 1.42 bits per heavy atom. The van der Waals surface area contributed by atoms with Gasteiger partial charge >= 0.3 is 0 Å². The van der Waals surface area contributed by atoms with Gasteiger partial charge in [-0.2, -0.15) is 0 Å². The lowest BCUT2D eigenvalue weighted by molar-refractivity contribution is -0.130. The summed E-state index contributed by atoms with van der Waals surface area (Å²) >= 11 is 0. The molecule has 0 aromatic rings. The van der Waals surface area contributed by atoms with Gasteiger partial charge in [0, 0.05) is 25.0 Å². The lowest BCUT2D eigenvalue weighted by Gasteiger charge is -2.21. The zero-order valence-electron chi connectivity index (χ0n) is 8.81. The van der Waals surface area contributed by atoms with Crippen molar-refractivity contribution in [2.24, 2.45) is 11.3 Å². The van der Waals surface area contributed by atoms with Crippen molar-refractivity contribution in [3.05, 3.63) is 0 Å². The molecule has 0 rings (SSSR count). The lowest BCUT2D eigenvalue weighted by Crippen LogP contribution is -2.27. The van der Waals surface area contributed by atoms with Crippen LogP contribution in [0.25, 0.3) is 0 Å². The van der Waals surface area contributed by atoms with Crippen molar-refractivity contribution in [2.75, 3.05) is 13.7 Å². The van der Waals surface area contributed by atoms with Crippen LogP contribution >= 0.6 is 0 Å². The van der Waals surface area contributed by atoms with E-state index >= 15 is 0 Å². The third-order valence-electron chi connectivity index (χ3n) is 1.94. The van der Waals surface area contributed by atoms with E-state index in [4.69, 9.17) is 4.74 Å². The highest BCUT2D eigenvalue weighted by Gasteiger charge is 2.25. The van der Waals surface area contributed by atoms with Crippen LogP contribution in [0.15, 0.2) is 0 Å². The maximum atomic E-state index is 11.6. The maximum Gasteiger partial charge on any atom is 0.141 e. The molecule has 0 saturated carbocycles. The molecule has 0 fully saturated rings. The molecule has 0 radical (unpaired) electrons. The summed E-state index contributed by atoms with van der Waals surface area (Å²) in [6.45, 7) is 8.51. The summed E-state index contributed by atoms with van der Waals surface area (Å²) in [5, 5.41) is 0. The number of hydrogen-bond donors (Lipinski definition) is 0. The molecule has 2 heteroatoms. The third kappa shape index (κ3) is 3.86. The van der Waals surface area contributed by atoms with Crippen LogP contribution in [0.3, 0.4) is 0 Å². The highest BCUT2D eigenvalue weighted by molar-refractivity contribution is 5.85. The van der Waals surface area contributed by atoms with Crippen molar-refractivity contribution in [1.29, 1.82) is 0 Å². The van der Waals surface area contributed by atoms with Crippen molar-refractivity contribution in [2.45, 2.75) is 34.1 Å². The lowest BCUT2D eigenvalue weighted by atomic mass is 9.83. The Morgan fingerprint density at radius 3 is 2.25 bits per heavy atom. The Labute approximate surface area is 75.3 Å². The van der Waals surface area contributed by atoms with Crippen molar-refractivity contribution >= 4 is 5.78 Å². The molecular weight excluding hydrogens is 152 g/mol. The Bertz CT molecular complexity index is 144. The highest BCUT2D eigenvalue weighted by Crippen LogP contribution is 2.21. The molecule has 2 nitrogen and oxygen atoms in total. The fraction of sp³-hybridized carbons (Fsp3) is 0.900. The minimum absolute atomic E-state index is 0.116. The van der Waals surface area contributed by atoms with Gasteiger partial charge in [-0.05, 0) is 6.42 Å². The van der Waals surface area contributed by atoms with E-state index in [1.807, 2.05) is 27.7 Å². The summed E-state index contributed by atoms with van der Waals surface area (Å²) in [6.07, 6.45) is 0.826. The van der Waals surface area contributed by atoms with Crippen LogP contribution in [0.5, 0.6) is 0 Å². The molecule has 0 aromatic heterocycles. The number of carbonyl (C=O) groups is 1. The first kappa shape index (κ1) is 11.6. The van der Waals surface area contributed by atoms with E-state index in [9.17, 15) is 4.79 Å². The standard InChI is InChI=1S/C10H20O2/c1-8(6-7-12-5)9(11)10(2,3)4/h8H,6-7H2,1-5H3. The van der Waals surface area contributed by atoms with Crippen LogP contribution in [-0.2, 0) is 9.53 Å². The van der Waals surface area contributed by atoms with Gasteiger partial charge in [-0.1, -0.05) is 27.7 Å². The second-order valence-electron chi connectivity index (χ2n) is 4.30. The Morgan fingerprint density at radius 2 is 1.92 bits per heavy atom. The number of carbonyl (C=O) groups excluding carboxylic acids is 1. The second kappa shape index (κ2) is 4.61. The number of Topliss-reactive ketones (excluding diaryl/α,β-unsaturated/α-hetero) is 1. The molecule has 72 valence electrons. The van der Waals surface area contributed by atoms with Gasteiger partial charge in [-0.3, -0.25) is 4.79 Å². The van der Waals surface area contributed by atoms with Gasteiger partial charge < -0.3 is 4.74 Å². The van der Waals surface area contributed by atoms with Crippen LogP contribution in [0.4, 0.5) is 0 Å². The highest BCUT2D eigenvalue weighted by atomic mass is 16.5. The van der Waals surface area contributed by atoms with E-state index in [1.165, 1.54) is 0 Å². The zero-order valence-corrected chi connectivity index (χ0v) is 8.81. The van der Waals surface area contributed by atoms with E-state index in [0.717, 1.165) is 6.42 Å². The normalized spacial score (nSPS) is 14.4. The monoisotopic (exact) mass is 172 g/mol. The van der Waals surface area contributed by atoms with Crippen LogP contribution in [0, 0.1) is 11.3 Å². The van der Waals surface area contributed by atoms with E-state index in [2.05, 4.69) is 0 Å². The number of hydrogen-bond acceptors (Lipinski definition) is 2. The summed E-state index contributed by atoms with van der Waals surface area (Å²) in [5.41, 5.74) is -0.215. The van der Waals surface area contributed by atoms with Crippen LogP contribution in [-0.4, -0.2) is 19.5 Å². The summed E-state index contributed by atoms with van der Waals surface area (Å²) in [6, 6.07) is 0. The zero-order chi connectivity index (χ0) is 9.78. The SMILES string of the molecule is COCCC(C)C(=O)C(C)(C)C. The summed E-state index contributed by atoms with van der Waals surface area (Å²) in [5.74, 6) is 0.435. The largest absolute Gasteiger partial charge is 0.385 e. The minimum atomic E-state index is -0.215. The first-order valence-electron chi connectivity index (χ1n) is 4.43. The molecule has 0 saturated heterocycles. The quantitative estimate of drug-likeness (QED) is 0.650. The number of rotatable bonds is 4. The van der Waals surface area contributed by atoms with Crippen molar-refractivity contribution < 1.29 is 9.53 Å². The Hall–Kier alpha value is -0.370.